The second-order valence-corrected chi connectivity index (χ2v) is 7.20. The largest absolute Gasteiger partial charge is 0.489 e. The van der Waals surface area contributed by atoms with Crippen LogP contribution in [0.3, 0.4) is 0 Å². The van der Waals surface area contributed by atoms with Crippen molar-refractivity contribution in [1.82, 2.24) is 15.6 Å². The van der Waals surface area contributed by atoms with Gasteiger partial charge in [0.1, 0.15) is 5.75 Å². The van der Waals surface area contributed by atoms with Crippen molar-refractivity contribution < 1.29 is 14.3 Å². The van der Waals surface area contributed by atoms with Gasteiger partial charge in [-0.05, 0) is 57.1 Å². The van der Waals surface area contributed by atoms with Crippen LogP contribution in [0.15, 0.2) is 18.3 Å². The molecule has 25 heavy (non-hydrogen) atoms. The van der Waals surface area contributed by atoms with Crippen LogP contribution < -0.4 is 15.4 Å². The van der Waals surface area contributed by atoms with Crippen molar-refractivity contribution in [3.05, 3.63) is 24.0 Å². The molecule has 1 aromatic rings. The number of carbonyl (C=O) groups is 1. The van der Waals surface area contributed by atoms with Crippen LogP contribution in [0, 0.1) is 12.8 Å². The normalized spacial score (nSPS) is 29.4. The molecule has 1 aromatic heterocycles. The van der Waals surface area contributed by atoms with E-state index >= 15 is 0 Å². The van der Waals surface area contributed by atoms with Crippen LogP contribution in [0.4, 0.5) is 0 Å². The molecule has 0 spiro atoms. The lowest BCUT2D eigenvalue weighted by atomic mass is 9.92. The Kier molecular flexibility index (Phi) is 6.26. The first kappa shape index (κ1) is 18.1. The van der Waals surface area contributed by atoms with Crippen molar-refractivity contribution in [3.8, 4) is 5.75 Å². The molecule has 1 aliphatic carbocycles. The molecule has 1 saturated heterocycles. The molecule has 2 fully saturated rings. The summed E-state index contributed by atoms with van der Waals surface area (Å²) in [6, 6.07) is 4.05. The highest BCUT2D eigenvalue weighted by molar-refractivity contribution is 5.82. The van der Waals surface area contributed by atoms with Crippen molar-refractivity contribution in [2.45, 2.75) is 57.2 Å². The standard InChI is InChI=1S/C19H29N3O3/c1-13-18(4-3-9-20-13)25-16-7-5-15(6-8-16)22-19(23)17-10-14(11-21-17)12-24-2/h3-4,9,14-17,21H,5-8,10-12H2,1-2H3,(H,22,23)/t14-,15?,16?,17-/m0/s1. The summed E-state index contributed by atoms with van der Waals surface area (Å²) >= 11 is 0. The quantitative estimate of drug-likeness (QED) is 0.821. The Morgan fingerprint density at radius 2 is 2.16 bits per heavy atom. The number of rotatable bonds is 6. The van der Waals surface area contributed by atoms with Crippen LogP contribution in [-0.4, -0.2) is 49.3 Å². The van der Waals surface area contributed by atoms with Crippen molar-refractivity contribution in [1.29, 1.82) is 0 Å². The fourth-order valence-corrected chi connectivity index (χ4v) is 3.77. The fraction of sp³-hybridized carbons (Fsp3) is 0.684. The highest BCUT2D eigenvalue weighted by Crippen LogP contribution is 2.25. The number of nitrogens with one attached hydrogen (secondary N) is 2. The molecule has 0 aromatic carbocycles. The van der Waals surface area contributed by atoms with E-state index in [9.17, 15) is 4.79 Å². The van der Waals surface area contributed by atoms with Gasteiger partial charge in [0.05, 0.1) is 24.4 Å². The monoisotopic (exact) mass is 347 g/mol. The summed E-state index contributed by atoms with van der Waals surface area (Å²) in [5.41, 5.74) is 0.927. The number of ether oxygens (including phenoxy) is 2. The molecule has 138 valence electrons. The molecule has 0 radical (unpaired) electrons. The van der Waals surface area contributed by atoms with E-state index in [1.807, 2.05) is 19.1 Å². The summed E-state index contributed by atoms with van der Waals surface area (Å²) in [4.78, 5) is 16.7. The van der Waals surface area contributed by atoms with Crippen molar-refractivity contribution in [2.75, 3.05) is 20.3 Å². The Morgan fingerprint density at radius 3 is 2.88 bits per heavy atom. The molecule has 0 bridgehead atoms. The lowest BCUT2D eigenvalue weighted by Crippen LogP contribution is -2.47. The van der Waals surface area contributed by atoms with E-state index in [2.05, 4.69) is 15.6 Å². The van der Waals surface area contributed by atoms with Crippen LogP contribution in [0.1, 0.15) is 37.8 Å². The minimum atomic E-state index is -0.0767. The van der Waals surface area contributed by atoms with E-state index in [0.29, 0.717) is 12.5 Å². The van der Waals surface area contributed by atoms with Gasteiger partial charge >= 0.3 is 0 Å². The summed E-state index contributed by atoms with van der Waals surface area (Å²) in [5, 5.41) is 6.51. The van der Waals surface area contributed by atoms with Crippen molar-refractivity contribution in [3.63, 3.8) is 0 Å². The summed E-state index contributed by atoms with van der Waals surface area (Å²) < 4.78 is 11.3. The Labute approximate surface area is 149 Å². The minimum Gasteiger partial charge on any atom is -0.489 e. The lowest BCUT2D eigenvalue weighted by Gasteiger charge is -2.30. The van der Waals surface area contributed by atoms with Gasteiger partial charge in [0.25, 0.3) is 0 Å². The van der Waals surface area contributed by atoms with E-state index in [0.717, 1.165) is 50.1 Å². The maximum absolute atomic E-state index is 12.4. The zero-order chi connectivity index (χ0) is 17.6. The Balaban J connectivity index is 1.41. The van der Waals surface area contributed by atoms with E-state index in [4.69, 9.17) is 9.47 Å². The van der Waals surface area contributed by atoms with Crippen LogP contribution in [-0.2, 0) is 9.53 Å². The van der Waals surface area contributed by atoms with Gasteiger partial charge in [-0.15, -0.1) is 0 Å². The molecule has 2 atom stereocenters. The molecule has 3 rings (SSSR count). The number of methoxy groups -OCH3 is 1. The van der Waals surface area contributed by atoms with Gasteiger partial charge in [-0.25, -0.2) is 0 Å². The first-order valence-corrected chi connectivity index (χ1v) is 9.26. The maximum Gasteiger partial charge on any atom is 0.237 e. The molecule has 1 amide bonds. The average molecular weight is 347 g/mol. The summed E-state index contributed by atoms with van der Waals surface area (Å²) in [5.74, 6) is 1.44. The molecule has 6 nitrogen and oxygen atoms in total. The molecule has 1 aliphatic heterocycles. The molecule has 2 heterocycles. The van der Waals surface area contributed by atoms with Gasteiger partial charge < -0.3 is 20.1 Å². The number of pyridine rings is 1. The zero-order valence-corrected chi connectivity index (χ0v) is 15.2. The van der Waals surface area contributed by atoms with Gasteiger partial charge in [-0.2, -0.15) is 0 Å². The van der Waals surface area contributed by atoms with Gasteiger partial charge in [0.15, 0.2) is 0 Å². The van der Waals surface area contributed by atoms with Gasteiger partial charge in [-0.3, -0.25) is 9.78 Å². The molecular formula is C19H29N3O3. The van der Waals surface area contributed by atoms with Crippen LogP contribution in [0.2, 0.25) is 0 Å². The second kappa shape index (κ2) is 8.63. The Morgan fingerprint density at radius 1 is 1.36 bits per heavy atom. The maximum atomic E-state index is 12.4. The fourth-order valence-electron chi connectivity index (χ4n) is 3.77. The molecular weight excluding hydrogens is 318 g/mol. The number of nitrogens with zero attached hydrogens (tertiary/aromatic N) is 1. The van der Waals surface area contributed by atoms with Crippen molar-refractivity contribution >= 4 is 5.91 Å². The predicted molar refractivity (Wildman–Crippen MR) is 95.6 cm³/mol. The molecule has 0 unspecified atom stereocenters. The Hall–Kier alpha value is -1.66. The topological polar surface area (TPSA) is 72.5 Å². The number of aryl methyl sites for hydroxylation is 1. The summed E-state index contributed by atoms with van der Waals surface area (Å²) in [6.45, 7) is 3.54. The average Bonchev–Trinajstić information content (AvgIpc) is 3.08. The van der Waals surface area contributed by atoms with E-state index in [-0.39, 0.29) is 24.1 Å². The number of aromatic nitrogens is 1. The van der Waals surface area contributed by atoms with Gasteiger partial charge in [-0.1, -0.05) is 0 Å². The minimum absolute atomic E-state index is 0.0767. The zero-order valence-electron chi connectivity index (χ0n) is 15.2. The third kappa shape index (κ3) is 4.92. The van der Waals surface area contributed by atoms with E-state index in [1.165, 1.54) is 0 Å². The first-order valence-electron chi connectivity index (χ1n) is 9.26. The van der Waals surface area contributed by atoms with E-state index in [1.54, 1.807) is 13.3 Å². The van der Waals surface area contributed by atoms with Crippen LogP contribution in [0.25, 0.3) is 0 Å². The molecule has 2 N–H and O–H groups in total. The SMILES string of the molecule is COC[C@@H]1CN[C@H](C(=O)NC2CCC(Oc3cccnc3C)CC2)C1. The molecule has 6 heteroatoms. The van der Waals surface area contributed by atoms with E-state index < -0.39 is 0 Å². The van der Waals surface area contributed by atoms with Gasteiger partial charge in [0, 0.05) is 25.9 Å². The smallest absolute Gasteiger partial charge is 0.237 e. The Bertz CT molecular complexity index is 573. The third-order valence-electron chi connectivity index (χ3n) is 5.21. The first-order chi connectivity index (χ1) is 12.2. The second-order valence-electron chi connectivity index (χ2n) is 7.20. The molecule has 1 saturated carbocycles. The van der Waals surface area contributed by atoms with Gasteiger partial charge in [0.2, 0.25) is 5.91 Å². The number of amides is 1. The highest BCUT2D eigenvalue weighted by atomic mass is 16.5. The lowest BCUT2D eigenvalue weighted by molar-refractivity contribution is -0.123. The van der Waals surface area contributed by atoms with Crippen molar-refractivity contribution in [2.24, 2.45) is 5.92 Å². The summed E-state index contributed by atoms with van der Waals surface area (Å²) in [6.07, 6.45) is 6.70. The van der Waals surface area contributed by atoms with Crippen LogP contribution >= 0.6 is 0 Å². The summed E-state index contributed by atoms with van der Waals surface area (Å²) in [7, 11) is 1.71. The molecule has 2 aliphatic rings. The number of hydrogen-bond acceptors (Lipinski definition) is 5. The third-order valence-corrected chi connectivity index (χ3v) is 5.21. The predicted octanol–water partition coefficient (Wildman–Crippen LogP) is 1.82. The highest BCUT2D eigenvalue weighted by Gasteiger charge is 2.31. The van der Waals surface area contributed by atoms with Crippen LogP contribution in [0.5, 0.6) is 5.75 Å². The number of carbonyl (C=O) groups excluding carboxylic acids is 1. The number of hydrogen-bond donors (Lipinski definition) is 2.